The number of hydrogen-bond acceptors (Lipinski definition) is 1. The summed E-state index contributed by atoms with van der Waals surface area (Å²) in [6.07, 6.45) is 0. The van der Waals surface area contributed by atoms with Crippen molar-refractivity contribution in [3.63, 3.8) is 0 Å². The van der Waals surface area contributed by atoms with E-state index in [1.807, 2.05) is 0 Å². The van der Waals surface area contributed by atoms with E-state index in [-0.39, 0.29) is 12.3 Å². The molecule has 0 unspecified atom stereocenters. The molecule has 6 aromatic rings. The van der Waals surface area contributed by atoms with Gasteiger partial charge in [0.25, 0.3) is 0 Å². The van der Waals surface area contributed by atoms with Crippen LogP contribution in [0.5, 0.6) is 0 Å². The fourth-order valence-electron chi connectivity index (χ4n) is 7.48. The lowest BCUT2D eigenvalue weighted by molar-refractivity contribution is 0.634. The molecule has 3 aliphatic heterocycles. The average Bonchev–Trinajstić information content (AvgIpc) is 3.26. The van der Waals surface area contributed by atoms with E-state index in [2.05, 4.69) is 126 Å². The van der Waals surface area contributed by atoms with Crippen LogP contribution in [0, 0.1) is 0 Å². The predicted octanol–water partition coefficient (Wildman–Crippen LogP) is 6.66. The van der Waals surface area contributed by atoms with Crippen LogP contribution < -0.4 is 15.7 Å². The molecule has 1 aromatic heterocycles. The summed E-state index contributed by atoms with van der Waals surface area (Å²) in [5.74, 6) is 0. The van der Waals surface area contributed by atoms with Crippen molar-refractivity contribution in [3.05, 3.63) is 114 Å². The first-order chi connectivity index (χ1) is 17.7. The highest BCUT2D eigenvalue weighted by atomic mass is 15.1. The SMILES string of the molecule is CC1(C)c2ccccc2N2B3c4c(cccc4-n4c5ccccc5c5cccc3c54)-c3cccc1c32. The lowest BCUT2D eigenvalue weighted by Gasteiger charge is -2.49. The smallest absolute Gasteiger partial charge is 0.333 e. The van der Waals surface area contributed by atoms with Crippen LogP contribution in [0.4, 0.5) is 11.4 Å². The fourth-order valence-corrected chi connectivity index (χ4v) is 7.48. The third-order valence-electron chi connectivity index (χ3n) is 8.95. The third-order valence-corrected chi connectivity index (χ3v) is 8.95. The van der Waals surface area contributed by atoms with Gasteiger partial charge < -0.3 is 9.38 Å². The van der Waals surface area contributed by atoms with E-state index in [0.29, 0.717) is 0 Å². The van der Waals surface area contributed by atoms with Crippen molar-refractivity contribution in [2.75, 3.05) is 4.81 Å². The first kappa shape index (κ1) is 19.0. The second kappa shape index (κ2) is 6.11. The summed E-state index contributed by atoms with van der Waals surface area (Å²) in [5.41, 5.74) is 14.9. The zero-order chi connectivity index (χ0) is 23.8. The Hall–Kier alpha value is -4.24. The van der Waals surface area contributed by atoms with Gasteiger partial charge in [0.05, 0.1) is 11.0 Å². The molecule has 0 radical (unpaired) electrons. The topological polar surface area (TPSA) is 8.17 Å². The Morgan fingerprint density at radius 2 is 1.31 bits per heavy atom. The van der Waals surface area contributed by atoms with Crippen molar-refractivity contribution in [3.8, 4) is 16.8 Å². The standard InChI is InChI=1S/C33H23BN2/c1-33(2)24-14-4-6-18-28(24)36-31-23(12-7-15-25(31)33)21-11-9-19-29-30(21)34(36)26-16-8-13-22-20-10-3-5-17-27(20)35(29)32(22)26/h3-19H,1-2H3. The summed E-state index contributed by atoms with van der Waals surface area (Å²) < 4.78 is 2.52. The fraction of sp³-hybridized carbons (Fsp3) is 0.0909. The summed E-state index contributed by atoms with van der Waals surface area (Å²) in [7, 11) is 0. The van der Waals surface area contributed by atoms with Gasteiger partial charge in [0, 0.05) is 38.8 Å². The summed E-state index contributed by atoms with van der Waals surface area (Å²) in [5, 5.41) is 2.66. The Bertz CT molecular complexity index is 1940. The number of hydrogen-bond donors (Lipinski definition) is 0. The van der Waals surface area contributed by atoms with E-state index >= 15 is 0 Å². The maximum atomic E-state index is 2.66. The van der Waals surface area contributed by atoms with Crippen LogP contribution in [0.25, 0.3) is 38.6 Å². The van der Waals surface area contributed by atoms with Gasteiger partial charge in [0.1, 0.15) is 0 Å². The summed E-state index contributed by atoms with van der Waals surface area (Å²) in [4.78, 5) is 2.66. The number of benzene rings is 5. The molecule has 5 aromatic carbocycles. The maximum absolute atomic E-state index is 2.66. The lowest BCUT2D eigenvalue weighted by Crippen LogP contribution is -2.62. The molecular weight excluding hydrogens is 435 g/mol. The number of anilines is 2. The Balaban J connectivity index is 1.52. The monoisotopic (exact) mass is 458 g/mol. The Morgan fingerprint density at radius 3 is 2.25 bits per heavy atom. The number of fused-ring (bicyclic) bond motifs is 9. The van der Waals surface area contributed by atoms with Gasteiger partial charge in [-0.3, -0.25) is 0 Å². The first-order valence-corrected chi connectivity index (χ1v) is 12.8. The molecule has 168 valence electrons. The van der Waals surface area contributed by atoms with Gasteiger partial charge in [-0.15, -0.1) is 0 Å². The zero-order valence-corrected chi connectivity index (χ0v) is 20.3. The van der Waals surface area contributed by atoms with E-state index in [4.69, 9.17) is 0 Å². The van der Waals surface area contributed by atoms with E-state index in [1.165, 1.54) is 72.0 Å². The number of rotatable bonds is 0. The quantitative estimate of drug-likeness (QED) is 0.231. The van der Waals surface area contributed by atoms with Gasteiger partial charge in [-0.25, -0.2) is 0 Å². The van der Waals surface area contributed by atoms with Crippen LogP contribution in [0.15, 0.2) is 103 Å². The van der Waals surface area contributed by atoms with Crippen molar-refractivity contribution in [2.24, 2.45) is 0 Å². The van der Waals surface area contributed by atoms with Gasteiger partial charge in [0.2, 0.25) is 0 Å². The molecule has 0 amide bonds. The number of nitrogens with zero attached hydrogens (tertiary/aromatic N) is 2. The molecule has 2 nitrogen and oxygen atoms in total. The molecule has 36 heavy (non-hydrogen) atoms. The van der Waals surface area contributed by atoms with Crippen molar-refractivity contribution >= 4 is 51.0 Å². The summed E-state index contributed by atoms with van der Waals surface area (Å²) in [6.45, 7) is 4.89. The highest BCUT2D eigenvalue weighted by Gasteiger charge is 2.48. The molecule has 4 heterocycles. The largest absolute Gasteiger partial charge is 0.376 e. The minimum atomic E-state index is -0.0663. The molecule has 3 aliphatic rings. The minimum Gasteiger partial charge on any atom is -0.376 e. The highest BCUT2D eigenvalue weighted by Crippen LogP contribution is 2.54. The van der Waals surface area contributed by atoms with Crippen LogP contribution in [0.1, 0.15) is 25.0 Å². The van der Waals surface area contributed by atoms with Crippen LogP contribution in [0.3, 0.4) is 0 Å². The molecule has 0 bridgehead atoms. The van der Waals surface area contributed by atoms with E-state index in [9.17, 15) is 0 Å². The maximum Gasteiger partial charge on any atom is 0.333 e. The van der Waals surface area contributed by atoms with Crippen molar-refractivity contribution in [1.29, 1.82) is 0 Å². The molecule has 3 heteroatoms. The molecule has 0 saturated carbocycles. The first-order valence-electron chi connectivity index (χ1n) is 12.8. The van der Waals surface area contributed by atoms with Crippen LogP contribution in [-0.4, -0.2) is 11.4 Å². The number of para-hydroxylation sites is 4. The van der Waals surface area contributed by atoms with Gasteiger partial charge >= 0.3 is 6.85 Å². The molecule has 0 N–H and O–H groups in total. The normalized spacial score (nSPS) is 15.6. The third kappa shape index (κ3) is 1.97. The Labute approximate surface area is 210 Å². The molecule has 0 spiro atoms. The Kier molecular flexibility index (Phi) is 3.23. The number of aromatic nitrogens is 1. The Morgan fingerprint density at radius 1 is 0.611 bits per heavy atom. The van der Waals surface area contributed by atoms with E-state index < -0.39 is 0 Å². The highest BCUT2D eigenvalue weighted by molar-refractivity contribution is 6.93. The average molecular weight is 458 g/mol. The molecular formula is C33H23BN2. The van der Waals surface area contributed by atoms with Crippen LogP contribution in [-0.2, 0) is 5.41 Å². The van der Waals surface area contributed by atoms with E-state index in [1.54, 1.807) is 0 Å². The molecule has 0 fully saturated rings. The van der Waals surface area contributed by atoms with Crippen molar-refractivity contribution in [1.82, 2.24) is 4.57 Å². The van der Waals surface area contributed by atoms with Gasteiger partial charge in [-0.05, 0) is 45.8 Å². The van der Waals surface area contributed by atoms with Gasteiger partial charge in [0.15, 0.2) is 0 Å². The second-order valence-electron chi connectivity index (χ2n) is 11.0. The minimum absolute atomic E-state index is 0.0663. The van der Waals surface area contributed by atoms with Crippen LogP contribution in [0.2, 0.25) is 0 Å². The van der Waals surface area contributed by atoms with E-state index in [0.717, 1.165) is 0 Å². The second-order valence-corrected chi connectivity index (χ2v) is 11.0. The van der Waals surface area contributed by atoms with Crippen molar-refractivity contribution in [2.45, 2.75) is 19.3 Å². The molecule has 0 saturated heterocycles. The predicted molar refractivity (Wildman–Crippen MR) is 152 cm³/mol. The summed E-state index contributed by atoms with van der Waals surface area (Å²) in [6, 6.07) is 38.6. The lowest BCUT2D eigenvalue weighted by atomic mass is 9.43. The zero-order valence-electron chi connectivity index (χ0n) is 20.3. The summed E-state index contributed by atoms with van der Waals surface area (Å²) >= 11 is 0. The molecule has 0 aliphatic carbocycles. The van der Waals surface area contributed by atoms with Crippen LogP contribution >= 0.6 is 0 Å². The molecule has 0 atom stereocenters. The molecule has 9 rings (SSSR count). The van der Waals surface area contributed by atoms with Crippen molar-refractivity contribution < 1.29 is 0 Å². The van der Waals surface area contributed by atoms with Gasteiger partial charge in [-0.1, -0.05) is 98.8 Å². The van der Waals surface area contributed by atoms with Gasteiger partial charge in [-0.2, -0.15) is 0 Å².